The van der Waals surface area contributed by atoms with Gasteiger partial charge in [0.25, 0.3) is 5.91 Å². The van der Waals surface area contributed by atoms with Crippen LogP contribution in [0.15, 0.2) is 47.4 Å². The number of thiazole rings is 1. The number of nitrogens with one attached hydrogen (secondary N) is 2. The second-order valence-electron chi connectivity index (χ2n) is 5.13. The monoisotopic (exact) mass is 361 g/mol. The van der Waals surface area contributed by atoms with Gasteiger partial charge in [-0.25, -0.2) is 18.1 Å². The quantitative estimate of drug-likeness (QED) is 0.748. The molecule has 6 nitrogen and oxygen atoms in total. The van der Waals surface area contributed by atoms with E-state index in [1.807, 2.05) is 25.1 Å². The van der Waals surface area contributed by atoms with E-state index in [1.54, 1.807) is 0 Å². The standard InChI is InChI=1S/C16H15N3O3S2/c1-10-4-3-5-13-14(10)18-16(23-13)19-15(20)11-6-8-12(9-7-11)24(21,22)17-2/h3-9,17H,1-2H3,(H,18,19,20). The SMILES string of the molecule is CNS(=O)(=O)c1ccc(C(=O)Nc2nc3c(C)cccc3s2)cc1. The van der Waals surface area contributed by atoms with E-state index in [0.29, 0.717) is 10.7 Å². The van der Waals surface area contributed by atoms with Crippen LogP contribution in [0, 0.1) is 6.92 Å². The van der Waals surface area contributed by atoms with Crippen molar-refractivity contribution in [2.45, 2.75) is 11.8 Å². The summed E-state index contributed by atoms with van der Waals surface area (Å²) in [6.45, 7) is 1.97. The number of sulfonamides is 1. The lowest BCUT2D eigenvalue weighted by Gasteiger charge is -2.04. The number of hydrogen-bond acceptors (Lipinski definition) is 5. The fourth-order valence-corrected chi connectivity index (χ4v) is 3.88. The Bertz CT molecular complexity index is 1010. The summed E-state index contributed by atoms with van der Waals surface area (Å²) in [6.07, 6.45) is 0. The number of benzene rings is 2. The summed E-state index contributed by atoms with van der Waals surface area (Å²) in [7, 11) is -2.18. The summed E-state index contributed by atoms with van der Waals surface area (Å²) < 4.78 is 26.6. The molecule has 0 atom stereocenters. The molecule has 0 radical (unpaired) electrons. The van der Waals surface area contributed by atoms with Crippen molar-refractivity contribution in [1.29, 1.82) is 0 Å². The van der Waals surface area contributed by atoms with Gasteiger partial charge in [0.05, 0.1) is 15.1 Å². The van der Waals surface area contributed by atoms with Crippen molar-refractivity contribution < 1.29 is 13.2 Å². The van der Waals surface area contributed by atoms with Crippen molar-refractivity contribution in [3.05, 3.63) is 53.6 Å². The molecule has 0 aliphatic heterocycles. The maximum absolute atomic E-state index is 12.3. The van der Waals surface area contributed by atoms with E-state index in [1.165, 1.54) is 42.6 Å². The smallest absolute Gasteiger partial charge is 0.257 e. The first kappa shape index (κ1) is 16.6. The third-order valence-corrected chi connectivity index (χ3v) is 5.90. The number of aromatic nitrogens is 1. The van der Waals surface area contributed by atoms with Gasteiger partial charge in [-0.1, -0.05) is 23.5 Å². The topological polar surface area (TPSA) is 88.2 Å². The Morgan fingerprint density at radius 3 is 2.46 bits per heavy atom. The van der Waals surface area contributed by atoms with E-state index in [9.17, 15) is 13.2 Å². The van der Waals surface area contributed by atoms with Gasteiger partial charge in [-0.05, 0) is 49.9 Å². The van der Waals surface area contributed by atoms with Gasteiger partial charge in [0, 0.05) is 5.56 Å². The van der Waals surface area contributed by atoms with Crippen LogP contribution in [0.5, 0.6) is 0 Å². The largest absolute Gasteiger partial charge is 0.298 e. The van der Waals surface area contributed by atoms with E-state index in [4.69, 9.17) is 0 Å². The zero-order chi connectivity index (χ0) is 17.3. The number of carbonyl (C=O) groups excluding carboxylic acids is 1. The van der Waals surface area contributed by atoms with Crippen molar-refractivity contribution in [2.24, 2.45) is 0 Å². The van der Waals surface area contributed by atoms with Gasteiger partial charge in [0.1, 0.15) is 0 Å². The van der Waals surface area contributed by atoms with Crippen molar-refractivity contribution >= 4 is 42.6 Å². The van der Waals surface area contributed by atoms with Crippen LogP contribution in [0.4, 0.5) is 5.13 Å². The number of aryl methyl sites for hydroxylation is 1. The molecule has 1 heterocycles. The third-order valence-electron chi connectivity index (χ3n) is 3.54. The summed E-state index contributed by atoms with van der Waals surface area (Å²) >= 11 is 1.40. The molecular formula is C16H15N3O3S2. The Morgan fingerprint density at radius 2 is 1.83 bits per heavy atom. The molecule has 24 heavy (non-hydrogen) atoms. The van der Waals surface area contributed by atoms with Crippen LogP contribution in [0.3, 0.4) is 0 Å². The molecule has 0 saturated heterocycles. The average molecular weight is 361 g/mol. The second-order valence-corrected chi connectivity index (χ2v) is 8.04. The molecule has 0 fully saturated rings. The number of para-hydroxylation sites is 1. The first-order chi connectivity index (χ1) is 11.4. The summed E-state index contributed by atoms with van der Waals surface area (Å²) in [5.41, 5.74) is 2.28. The number of anilines is 1. The van der Waals surface area contributed by atoms with Gasteiger partial charge in [0.15, 0.2) is 5.13 Å². The molecule has 124 valence electrons. The van der Waals surface area contributed by atoms with Gasteiger partial charge in [-0.3, -0.25) is 10.1 Å². The van der Waals surface area contributed by atoms with Crippen LogP contribution in [-0.4, -0.2) is 26.4 Å². The van der Waals surface area contributed by atoms with Crippen LogP contribution in [0.2, 0.25) is 0 Å². The Labute approximate surface area is 143 Å². The molecule has 0 aliphatic carbocycles. The van der Waals surface area contributed by atoms with Gasteiger partial charge >= 0.3 is 0 Å². The second kappa shape index (κ2) is 6.31. The van der Waals surface area contributed by atoms with E-state index >= 15 is 0 Å². The van der Waals surface area contributed by atoms with Crippen molar-refractivity contribution in [2.75, 3.05) is 12.4 Å². The number of nitrogens with zero attached hydrogens (tertiary/aromatic N) is 1. The maximum atomic E-state index is 12.3. The average Bonchev–Trinajstić information content (AvgIpc) is 2.99. The molecule has 2 N–H and O–H groups in total. The van der Waals surface area contributed by atoms with E-state index in [-0.39, 0.29) is 10.8 Å². The Morgan fingerprint density at radius 1 is 1.12 bits per heavy atom. The highest BCUT2D eigenvalue weighted by Crippen LogP contribution is 2.28. The number of fused-ring (bicyclic) bond motifs is 1. The Hall–Kier alpha value is -2.29. The van der Waals surface area contributed by atoms with E-state index < -0.39 is 10.0 Å². The highest BCUT2D eigenvalue weighted by molar-refractivity contribution is 7.89. The molecular weight excluding hydrogens is 346 g/mol. The molecule has 1 aromatic heterocycles. The maximum Gasteiger partial charge on any atom is 0.257 e. The lowest BCUT2D eigenvalue weighted by atomic mass is 10.2. The fraction of sp³-hybridized carbons (Fsp3) is 0.125. The minimum atomic E-state index is -3.51. The third kappa shape index (κ3) is 3.16. The predicted molar refractivity (Wildman–Crippen MR) is 95.0 cm³/mol. The zero-order valence-corrected chi connectivity index (χ0v) is 14.7. The molecule has 0 aliphatic rings. The van der Waals surface area contributed by atoms with Gasteiger partial charge in [-0.2, -0.15) is 0 Å². The molecule has 0 unspecified atom stereocenters. The molecule has 0 bridgehead atoms. The highest BCUT2D eigenvalue weighted by atomic mass is 32.2. The normalized spacial score (nSPS) is 11.6. The molecule has 0 spiro atoms. The molecule has 1 amide bonds. The number of hydrogen-bond donors (Lipinski definition) is 2. The van der Waals surface area contributed by atoms with Gasteiger partial charge in [-0.15, -0.1) is 0 Å². The molecule has 3 rings (SSSR count). The molecule has 3 aromatic rings. The fourth-order valence-electron chi connectivity index (χ4n) is 2.21. The van der Waals surface area contributed by atoms with Crippen LogP contribution in [0.1, 0.15) is 15.9 Å². The molecule has 8 heteroatoms. The predicted octanol–water partition coefficient (Wildman–Crippen LogP) is 2.77. The number of carbonyl (C=O) groups is 1. The number of rotatable bonds is 4. The summed E-state index contributed by atoms with van der Waals surface area (Å²) in [5, 5.41) is 3.26. The summed E-state index contributed by atoms with van der Waals surface area (Å²) in [4.78, 5) is 16.8. The first-order valence-corrected chi connectivity index (χ1v) is 9.42. The number of amides is 1. The molecule has 0 saturated carbocycles. The van der Waals surface area contributed by atoms with E-state index in [2.05, 4.69) is 15.0 Å². The lowest BCUT2D eigenvalue weighted by molar-refractivity contribution is 0.102. The Kier molecular flexibility index (Phi) is 4.35. The Balaban J connectivity index is 1.82. The summed E-state index contributed by atoms with van der Waals surface area (Å²) in [5.74, 6) is -0.333. The van der Waals surface area contributed by atoms with Crippen molar-refractivity contribution in [1.82, 2.24) is 9.71 Å². The van der Waals surface area contributed by atoms with Crippen LogP contribution >= 0.6 is 11.3 Å². The van der Waals surface area contributed by atoms with Crippen LogP contribution in [0.25, 0.3) is 10.2 Å². The zero-order valence-electron chi connectivity index (χ0n) is 13.0. The minimum absolute atomic E-state index is 0.108. The molecule has 2 aromatic carbocycles. The first-order valence-electron chi connectivity index (χ1n) is 7.12. The van der Waals surface area contributed by atoms with Gasteiger partial charge in [0.2, 0.25) is 10.0 Å². The van der Waals surface area contributed by atoms with Crippen molar-refractivity contribution in [3.63, 3.8) is 0 Å². The van der Waals surface area contributed by atoms with Crippen LogP contribution in [-0.2, 0) is 10.0 Å². The van der Waals surface area contributed by atoms with Crippen molar-refractivity contribution in [3.8, 4) is 0 Å². The highest BCUT2D eigenvalue weighted by Gasteiger charge is 2.14. The van der Waals surface area contributed by atoms with Crippen LogP contribution < -0.4 is 10.0 Å². The minimum Gasteiger partial charge on any atom is -0.298 e. The van der Waals surface area contributed by atoms with E-state index in [0.717, 1.165) is 15.8 Å². The van der Waals surface area contributed by atoms with Gasteiger partial charge < -0.3 is 0 Å². The summed E-state index contributed by atoms with van der Waals surface area (Å²) in [6, 6.07) is 11.6. The lowest BCUT2D eigenvalue weighted by Crippen LogP contribution is -2.19.